The van der Waals surface area contributed by atoms with Crippen LogP contribution < -0.4 is 10.1 Å². The number of benzene rings is 1. The fraction of sp³-hybridized carbons (Fsp3) is 0.588. The number of methoxy groups -OCH3 is 1. The number of hydrogen-bond acceptors (Lipinski definition) is 2. The van der Waals surface area contributed by atoms with Crippen molar-refractivity contribution in [2.24, 2.45) is 0 Å². The topological polar surface area (TPSA) is 38.3 Å². The van der Waals surface area contributed by atoms with Crippen molar-refractivity contribution < 1.29 is 9.53 Å². The predicted molar refractivity (Wildman–Crippen MR) is 81.0 cm³/mol. The molecule has 0 saturated heterocycles. The molecule has 3 heteroatoms. The highest BCUT2D eigenvalue weighted by atomic mass is 16.5. The molecular weight excluding hydrogens is 250 g/mol. The third kappa shape index (κ3) is 3.99. The third-order valence-electron chi connectivity index (χ3n) is 4.08. The number of nitrogens with one attached hydrogen (secondary N) is 1. The van der Waals surface area contributed by atoms with E-state index in [1.807, 2.05) is 19.1 Å². The van der Waals surface area contributed by atoms with E-state index in [-0.39, 0.29) is 5.91 Å². The molecule has 1 aromatic rings. The first-order valence-corrected chi connectivity index (χ1v) is 7.66. The molecule has 0 spiro atoms. The summed E-state index contributed by atoms with van der Waals surface area (Å²) in [5.41, 5.74) is 1.33. The van der Waals surface area contributed by atoms with Crippen LogP contribution in [-0.4, -0.2) is 19.1 Å². The van der Waals surface area contributed by atoms with Gasteiger partial charge >= 0.3 is 0 Å². The van der Waals surface area contributed by atoms with Crippen LogP contribution in [0.25, 0.3) is 0 Å². The van der Waals surface area contributed by atoms with Gasteiger partial charge in [-0.1, -0.05) is 25.5 Å². The van der Waals surface area contributed by atoms with Crippen LogP contribution in [0.3, 0.4) is 0 Å². The number of amides is 1. The Morgan fingerprint density at radius 1 is 1.40 bits per heavy atom. The van der Waals surface area contributed by atoms with Crippen molar-refractivity contribution in [2.75, 3.05) is 7.11 Å². The van der Waals surface area contributed by atoms with Gasteiger partial charge in [-0.2, -0.15) is 0 Å². The number of carbonyl (C=O) groups excluding carboxylic acids is 1. The Balaban J connectivity index is 1.97. The van der Waals surface area contributed by atoms with Crippen molar-refractivity contribution in [1.29, 1.82) is 0 Å². The molecule has 0 aliphatic heterocycles. The van der Waals surface area contributed by atoms with Gasteiger partial charge < -0.3 is 10.1 Å². The van der Waals surface area contributed by atoms with Crippen molar-refractivity contribution in [2.45, 2.75) is 57.4 Å². The highest BCUT2D eigenvalue weighted by molar-refractivity contribution is 5.76. The minimum absolute atomic E-state index is 0.198. The van der Waals surface area contributed by atoms with Gasteiger partial charge in [0.05, 0.1) is 7.11 Å². The molecule has 1 saturated carbocycles. The summed E-state index contributed by atoms with van der Waals surface area (Å²) < 4.78 is 5.30. The molecule has 1 aliphatic carbocycles. The molecule has 0 radical (unpaired) electrons. The SMILES string of the molecule is CCCC(=O)N[C@H]1CCC[C@@H](c2cccc(OC)c2)C1. The van der Waals surface area contributed by atoms with Crippen molar-refractivity contribution in [1.82, 2.24) is 5.32 Å². The van der Waals surface area contributed by atoms with Crippen LogP contribution >= 0.6 is 0 Å². The van der Waals surface area contributed by atoms with E-state index in [2.05, 4.69) is 17.4 Å². The molecule has 0 unspecified atom stereocenters. The Morgan fingerprint density at radius 3 is 3.00 bits per heavy atom. The van der Waals surface area contributed by atoms with Crippen molar-refractivity contribution in [3.63, 3.8) is 0 Å². The van der Waals surface area contributed by atoms with Gasteiger partial charge in [-0.25, -0.2) is 0 Å². The summed E-state index contributed by atoms with van der Waals surface area (Å²) in [6, 6.07) is 8.66. The van der Waals surface area contributed by atoms with E-state index in [9.17, 15) is 4.79 Å². The number of hydrogen-bond donors (Lipinski definition) is 1. The Bertz CT molecular complexity index is 444. The molecule has 0 aromatic heterocycles. The van der Waals surface area contributed by atoms with Crippen LogP contribution in [0, 0.1) is 0 Å². The zero-order valence-electron chi connectivity index (χ0n) is 12.5. The van der Waals surface area contributed by atoms with Crippen LogP contribution in [0.5, 0.6) is 5.75 Å². The molecular formula is C17H25NO2. The lowest BCUT2D eigenvalue weighted by Gasteiger charge is -2.30. The van der Waals surface area contributed by atoms with E-state index < -0.39 is 0 Å². The van der Waals surface area contributed by atoms with Crippen LogP contribution in [0.2, 0.25) is 0 Å². The van der Waals surface area contributed by atoms with Gasteiger partial charge in [0.25, 0.3) is 0 Å². The first kappa shape index (κ1) is 14.9. The van der Waals surface area contributed by atoms with Gasteiger partial charge in [-0.3, -0.25) is 4.79 Å². The first-order valence-electron chi connectivity index (χ1n) is 7.66. The molecule has 2 rings (SSSR count). The lowest BCUT2D eigenvalue weighted by molar-refractivity contribution is -0.122. The number of ether oxygens (including phenoxy) is 1. The summed E-state index contributed by atoms with van der Waals surface area (Å²) in [6.07, 6.45) is 6.09. The maximum absolute atomic E-state index is 11.7. The van der Waals surface area contributed by atoms with E-state index >= 15 is 0 Å². The number of carbonyl (C=O) groups is 1. The van der Waals surface area contributed by atoms with E-state index in [1.165, 1.54) is 18.4 Å². The average Bonchev–Trinajstić information content (AvgIpc) is 2.48. The second-order valence-electron chi connectivity index (χ2n) is 5.65. The molecule has 3 nitrogen and oxygen atoms in total. The monoisotopic (exact) mass is 275 g/mol. The van der Waals surface area contributed by atoms with Crippen LogP contribution in [-0.2, 0) is 4.79 Å². The molecule has 20 heavy (non-hydrogen) atoms. The highest BCUT2D eigenvalue weighted by Crippen LogP contribution is 2.34. The van der Waals surface area contributed by atoms with Crippen molar-refractivity contribution in [3.05, 3.63) is 29.8 Å². The number of rotatable bonds is 5. The van der Waals surface area contributed by atoms with Gasteiger partial charge in [-0.05, 0) is 49.3 Å². The van der Waals surface area contributed by atoms with Gasteiger partial charge in [0.2, 0.25) is 5.91 Å². The standard InChI is InChI=1S/C17H25NO2/c1-3-6-17(19)18-15-9-4-7-13(11-15)14-8-5-10-16(12-14)20-2/h5,8,10,12-13,15H,3-4,6-7,9,11H2,1-2H3,(H,18,19)/t13-,15+/m1/s1. The Labute approximate surface area is 121 Å². The summed E-state index contributed by atoms with van der Waals surface area (Å²) in [5.74, 6) is 1.65. The predicted octanol–water partition coefficient (Wildman–Crippen LogP) is 3.64. The van der Waals surface area contributed by atoms with Crippen LogP contribution in [0.15, 0.2) is 24.3 Å². The Kier molecular flexibility index (Phi) is 5.45. The summed E-state index contributed by atoms with van der Waals surface area (Å²) in [7, 11) is 1.70. The molecule has 0 bridgehead atoms. The summed E-state index contributed by atoms with van der Waals surface area (Å²) >= 11 is 0. The second kappa shape index (κ2) is 7.32. The molecule has 110 valence electrons. The van der Waals surface area contributed by atoms with Gasteiger partial charge in [0, 0.05) is 12.5 Å². The first-order chi connectivity index (χ1) is 9.72. The van der Waals surface area contributed by atoms with Crippen LogP contribution in [0.1, 0.15) is 56.9 Å². The lowest BCUT2D eigenvalue weighted by Crippen LogP contribution is -2.37. The molecule has 1 N–H and O–H groups in total. The quantitative estimate of drug-likeness (QED) is 0.891. The van der Waals surface area contributed by atoms with Crippen LogP contribution in [0.4, 0.5) is 0 Å². The largest absolute Gasteiger partial charge is 0.497 e. The summed E-state index contributed by atoms with van der Waals surface area (Å²) in [6.45, 7) is 2.04. The normalized spacial score (nSPS) is 22.3. The lowest BCUT2D eigenvalue weighted by atomic mass is 9.81. The molecule has 1 aliphatic rings. The highest BCUT2D eigenvalue weighted by Gasteiger charge is 2.24. The second-order valence-corrected chi connectivity index (χ2v) is 5.65. The maximum Gasteiger partial charge on any atom is 0.220 e. The van der Waals surface area contributed by atoms with Gasteiger partial charge in [0.1, 0.15) is 5.75 Å². The molecule has 2 atom stereocenters. The van der Waals surface area contributed by atoms with E-state index in [0.717, 1.165) is 25.0 Å². The fourth-order valence-corrected chi connectivity index (χ4v) is 3.05. The molecule has 0 heterocycles. The zero-order chi connectivity index (χ0) is 14.4. The summed E-state index contributed by atoms with van der Waals surface area (Å²) in [4.78, 5) is 11.7. The average molecular weight is 275 g/mol. The minimum atomic E-state index is 0.198. The van der Waals surface area contributed by atoms with E-state index in [1.54, 1.807) is 7.11 Å². The zero-order valence-corrected chi connectivity index (χ0v) is 12.5. The fourth-order valence-electron chi connectivity index (χ4n) is 3.05. The maximum atomic E-state index is 11.7. The van der Waals surface area contributed by atoms with Gasteiger partial charge in [-0.15, -0.1) is 0 Å². The molecule has 1 aromatic carbocycles. The Hall–Kier alpha value is -1.51. The summed E-state index contributed by atoms with van der Waals surface area (Å²) in [5, 5.41) is 3.18. The molecule has 1 fully saturated rings. The Morgan fingerprint density at radius 2 is 2.25 bits per heavy atom. The van der Waals surface area contributed by atoms with E-state index in [0.29, 0.717) is 18.4 Å². The smallest absolute Gasteiger partial charge is 0.220 e. The van der Waals surface area contributed by atoms with Crippen molar-refractivity contribution in [3.8, 4) is 5.75 Å². The van der Waals surface area contributed by atoms with Crippen molar-refractivity contribution >= 4 is 5.91 Å². The third-order valence-corrected chi connectivity index (χ3v) is 4.08. The minimum Gasteiger partial charge on any atom is -0.497 e. The molecule has 1 amide bonds. The van der Waals surface area contributed by atoms with Gasteiger partial charge in [0.15, 0.2) is 0 Å². The van der Waals surface area contributed by atoms with E-state index in [4.69, 9.17) is 4.74 Å².